The Labute approximate surface area is 125 Å². The number of carbonyl (C=O) groups is 1. The number of carbonyl (C=O) groups excluding carboxylic acids is 1. The van der Waals surface area contributed by atoms with Gasteiger partial charge in [0.1, 0.15) is 0 Å². The van der Waals surface area contributed by atoms with E-state index in [4.69, 9.17) is 4.74 Å². The topological polar surface area (TPSA) is 53.0 Å². The molecule has 2 heterocycles. The third-order valence-electron chi connectivity index (χ3n) is 4.53. The van der Waals surface area contributed by atoms with Crippen LogP contribution in [0.4, 0.5) is 0 Å². The summed E-state index contributed by atoms with van der Waals surface area (Å²) in [5.74, 6) is 0.399. The molecule has 0 aromatic heterocycles. The van der Waals surface area contributed by atoms with Crippen LogP contribution in [0, 0.1) is 0 Å². The molecule has 3 rings (SSSR count). The molecule has 2 fully saturated rings. The number of ether oxygens (including phenoxy) is 1. The molecule has 0 aliphatic carbocycles. The fourth-order valence-electron chi connectivity index (χ4n) is 3.34. The zero-order chi connectivity index (χ0) is 14.8. The van der Waals surface area contributed by atoms with E-state index >= 15 is 0 Å². The molecule has 0 spiro atoms. The highest BCUT2D eigenvalue weighted by Gasteiger charge is 2.32. The summed E-state index contributed by atoms with van der Waals surface area (Å²) in [6.45, 7) is 3.92. The first-order valence-corrected chi connectivity index (χ1v) is 7.59. The van der Waals surface area contributed by atoms with E-state index in [0.717, 1.165) is 32.6 Å². The molecule has 0 radical (unpaired) electrons. The van der Waals surface area contributed by atoms with Crippen molar-refractivity contribution in [3.63, 3.8) is 0 Å². The van der Waals surface area contributed by atoms with Crippen LogP contribution in [0.25, 0.3) is 0 Å². The number of hydrogen-bond donors (Lipinski definition) is 1. The first kappa shape index (κ1) is 14.2. The normalized spacial score (nSPS) is 22.7. The molecule has 2 aliphatic heterocycles. The van der Waals surface area contributed by atoms with Gasteiger partial charge in [-0.25, -0.2) is 0 Å². The SMILES string of the molecule is COc1ccc(C(=O)N2CCC(N3CCCC3)C2)cc1O. The number of rotatable bonds is 3. The lowest BCUT2D eigenvalue weighted by atomic mass is 10.2. The third kappa shape index (κ3) is 2.83. The number of amides is 1. The summed E-state index contributed by atoms with van der Waals surface area (Å²) < 4.78 is 5.01. The summed E-state index contributed by atoms with van der Waals surface area (Å²) in [5, 5.41) is 9.80. The van der Waals surface area contributed by atoms with Gasteiger partial charge in [0.25, 0.3) is 5.91 Å². The number of aromatic hydroxyl groups is 1. The molecule has 2 aliphatic rings. The molecule has 0 bridgehead atoms. The highest BCUT2D eigenvalue weighted by molar-refractivity contribution is 5.95. The first-order valence-electron chi connectivity index (χ1n) is 7.59. The number of phenols is 1. The first-order chi connectivity index (χ1) is 10.2. The van der Waals surface area contributed by atoms with Crippen LogP contribution >= 0.6 is 0 Å². The number of likely N-dealkylation sites (tertiary alicyclic amines) is 2. The fraction of sp³-hybridized carbons (Fsp3) is 0.562. The molecule has 21 heavy (non-hydrogen) atoms. The van der Waals surface area contributed by atoms with Crippen LogP contribution in [0.1, 0.15) is 29.6 Å². The van der Waals surface area contributed by atoms with Crippen LogP contribution < -0.4 is 4.74 Å². The van der Waals surface area contributed by atoms with Gasteiger partial charge in [-0.05, 0) is 50.6 Å². The van der Waals surface area contributed by atoms with Gasteiger partial charge in [-0.1, -0.05) is 0 Å². The van der Waals surface area contributed by atoms with Crippen molar-refractivity contribution >= 4 is 5.91 Å². The summed E-state index contributed by atoms with van der Waals surface area (Å²) >= 11 is 0. The van der Waals surface area contributed by atoms with Gasteiger partial charge in [-0.2, -0.15) is 0 Å². The lowest BCUT2D eigenvalue weighted by molar-refractivity contribution is 0.0779. The molecule has 1 unspecified atom stereocenters. The zero-order valence-electron chi connectivity index (χ0n) is 12.4. The van der Waals surface area contributed by atoms with E-state index in [1.807, 2.05) is 4.90 Å². The number of benzene rings is 1. The number of methoxy groups -OCH3 is 1. The molecule has 114 valence electrons. The largest absolute Gasteiger partial charge is 0.504 e. The molecule has 1 aromatic carbocycles. The maximum Gasteiger partial charge on any atom is 0.254 e. The second-order valence-electron chi connectivity index (χ2n) is 5.82. The highest BCUT2D eigenvalue weighted by atomic mass is 16.5. The third-order valence-corrected chi connectivity index (χ3v) is 4.53. The van der Waals surface area contributed by atoms with Crippen LogP contribution in [0.5, 0.6) is 11.5 Å². The summed E-state index contributed by atoms with van der Waals surface area (Å²) in [6.07, 6.45) is 3.60. The van der Waals surface area contributed by atoms with Gasteiger partial charge >= 0.3 is 0 Å². The Hall–Kier alpha value is -1.75. The van der Waals surface area contributed by atoms with Crippen molar-refractivity contribution in [3.05, 3.63) is 23.8 Å². The van der Waals surface area contributed by atoms with E-state index in [9.17, 15) is 9.90 Å². The van der Waals surface area contributed by atoms with E-state index in [2.05, 4.69) is 4.90 Å². The van der Waals surface area contributed by atoms with Crippen molar-refractivity contribution in [1.82, 2.24) is 9.80 Å². The Morgan fingerprint density at radius 2 is 2.05 bits per heavy atom. The van der Waals surface area contributed by atoms with Gasteiger partial charge in [0, 0.05) is 24.7 Å². The molecule has 1 atom stereocenters. The zero-order valence-corrected chi connectivity index (χ0v) is 12.4. The molecule has 2 saturated heterocycles. The van der Waals surface area contributed by atoms with Gasteiger partial charge in [0.2, 0.25) is 0 Å². The van der Waals surface area contributed by atoms with Gasteiger partial charge in [-0.3, -0.25) is 9.69 Å². The second kappa shape index (κ2) is 5.93. The predicted molar refractivity (Wildman–Crippen MR) is 79.8 cm³/mol. The number of nitrogens with zero attached hydrogens (tertiary/aromatic N) is 2. The van der Waals surface area contributed by atoms with Crippen molar-refractivity contribution in [2.24, 2.45) is 0 Å². The van der Waals surface area contributed by atoms with E-state index in [-0.39, 0.29) is 11.7 Å². The van der Waals surface area contributed by atoms with E-state index in [0.29, 0.717) is 17.4 Å². The summed E-state index contributed by atoms with van der Waals surface area (Å²) in [6, 6.07) is 5.34. The van der Waals surface area contributed by atoms with Gasteiger partial charge in [0.05, 0.1) is 7.11 Å². The second-order valence-corrected chi connectivity index (χ2v) is 5.82. The van der Waals surface area contributed by atoms with Crippen molar-refractivity contribution in [1.29, 1.82) is 0 Å². The molecule has 5 heteroatoms. The van der Waals surface area contributed by atoms with Gasteiger partial charge < -0.3 is 14.7 Å². The maximum absolute atomic E-state index is 12.5. The van der Waals surface area contributed by atoms with E-state index in [1.165, 1.54) is 26.0 Å². The smallest absolute Gasteiger partial charge is 0.254 e. The standard InChI is InChI=1S/C16H22N2O3/c1-21-15-5-4-12(10-14(15)19)16(20)18-9-6-13(11-18)17-7-2-3-8-17/h4-5,10,13,19H,2-3,6-9,11H2,1H3. The van der Waals surface area contributed by atoms with Crippen LogP contribution in [-0.4, -0.2) is 60.1 Å². The Bertz CT molecular complexity index is 526. The predicted octanol–water partition coefficient (Wildman–Crippen LogP) is 1.71. The van der Waals surface area contributed by atoms with Gasteiger partial charge in [0.15, 0.2) is 11.5 Å². The van der Waals surface area contributed by atoms with Crippen molar-refractivity contribution in [3.8, 4) is 11.5 Å². The molecule has 1 N–H and O–H groups in total. The van der Waals surface area contributed by atoms with Crippen molar-refractivity contribution in [2.45, 2.75) is 25.3 Å². The summed E-state index contributed by atoms with van der Waals surface area (Å²) in [5.41, 5.74) is 0.523. The molecular weight excluding hydrogens is 268 g/mol. The fourth-order valence-corrected chi connectivity index (χ4v) is 3.34. The Kier molecular flexibility index (Phi) is 4.01. The summed E-state index contributed by atoms with van der Waals surface area (Å²) in [4.78, 5) is 16.9. The lowest BCUT2D eigenvalue weighted by Gasteiger charge is -2.23. The lowest BCUT2D eigenvalue weighted by Crippen LogP contribution is -2.37. The Morgan fingerprint density at radius 1 is 1.29 bits per heavy atom. The molecule has 1 aromatic rings. The number of phenolic OH excluding ortho intramolecular Hbond substituents is 1. The van der Waals surface area contributed by atoms with Gasteiger partial charge in [-0.15, -0.1) is 0 Å². The highest BCUT2D eigenvalue weighted by Crippen LogP contribution is 2.28. The minimum atomic E-state index is -0.00495. The van der Waals surface area contributed by atoms with Crippen LogP contribution in [0.3, 0.4) is 0 Å². The number of hydrogen-bond acceptors (Lipinski definition) is 4. The van der Waals surface area contributed by atoms with Crippen LogP contribution in [0.2, 0.25) is 0 Å². The Morgan fingerprint density at radius 3 is 2.71 bits per heavy atom. The Balaban J connectivity index is 1.67. The monoisotopic (exact) mass is 290 g/mol. The molecule has 5 nitrogen and oxygen atoms in total. The molecule has 1 amide bonds. The van der Waals surface area contributed by atoms with Crippen LogP contribution in [-0.2, 0) is 0 Å². The summed E-state index contributed by atoms with van der Waals surface area (Å²) in [7, 11) is 1.50. The van der Waals surface area contributed by atoms with Crippen LogP contribution in [0.15, 0.2) is 18.2 Å². The van der Waals surface area contributed by atoms with E-state index < -0.39 is 0 Å². The van der Waals surface area contributed by atoms with E-state index in [1.54, 1.807) is 12.1 Å². The van der Waals surface area contributed by atoms with Crippen molar-refractivity contribution < 1.29 is 14.6 Å². The maximum atomic E-state index is 12.5. The minimum absolute atomic E-state index is 0.00495. The van der Waals surface area contributed by atoms with Crippen molar-refractivity contribution in [2.75, 3.05) is 33.3 Å². The average Bonchev–Trinajstić information content (AvgIpc) is 3.17. The minimum Gasteiger partial charge on any atom is -0.504 e. The molecule has 0 saturated carbocycles. The molecular formula is C16H22N2O3. The average molecular weight is 290 g/mol. The quantitative estimate of drug-likeness (QED) is 0.921.